The van der Waals surface area contributed by atoms with Gasteiger partial charge in [-0.1, -0.05) is 86.1 Å². The molecule has 0 saturated carbocycles. The molecular formula is C33H25ClO5. The van der Waals surface area contributed by atoms with Gasteiger partial charge in [0.2, 0.25) is 5.78 Å². The molecule has 7 rings (SSSR count). The molecule has 5 nitrogen and oxygen atoms in total. The third kappa shape index (κ3) is 3.06. The molecule has 1 spiro atoms. The minimum atomic E-state index is -2.27. The Morgan fingerprint density at radius 2 is 1.62 bits per heavy atom. The molecule has 4 aromatic rings. The lowest BCUT2D eigenvalue weighted by atomic mass is 9.61. The largest absolute Gasteiger partial charge is 0.478 e. The first-order valence-electron chi connectivity index (χ1n) is 13.1. The summed E-state index contributed by atoms with van der Waals surface area (Å²) in [6.45, 7) is 3.30. The summed E-state index contributed by atoms with van der Waals surface area (Å²) in [5.41, 5.74) is -1.79. The van der Waals surface area contributed by atoms with Gasteiger partial charge in [0.05, 0.1) is 5.92 Å². The van der Waals surface area contributed by atoms with E-state index in [2.05, 4.69) is 0 Å². The Balaban J connectivity index is 1.56. The van der Waals surface area contributed by atoms with E-state index in [4.69, 9.17) is 21.1 Å². The first-order chi connectivity index (χ1) is 18.8. The minimum absolute atomic E-state index is 0.153. The second-order valence-corrected chi connectivity index (χ2v) is 10.9. The second-order valence-electron chi connectivity index (χ2n) is 10.5. The molecule has 0 fully saturated rings. The summed E-state index contributed by atoms with van der Waals surface area (Å²) in [6.07, 6.45) is 2.23. The number of aliphatic hydroxyl groups is 1. The molecule has 0 radical (unpaired) electrons. The standard InChI is InChI=1S/C33H25ClO5/c1-3-26(35)18(2)33(37)31(36)29(34)30-25(16-23-21-10-6-4-8-19(21)12-14-27(23)38-30)32(33)17-24-22-11-7-5-9-20(22)13-15-28(24)39-32/h4-16,18,37H,3,17H2,1-2H3/t18-,32+,33-/m1/s1. The van der Waals surface area contributed by atoms with Gasteiger partial charge in [-0.05, 0) is 39.8 Å². The van der Waals surface area contributed by atoms with E-state index in [0.717, 1.165) is 32.7 Å². The van der Waals surface area contributed by atoms with Gasteiger partial charge in [-0.25, -0.2) is 0 Å². The third-order valence-electron chi connectivity index (χ3n) is 8.64. The van der Waals surface area contributed by atoms with Crippen molar-refractivity contribution in [3.05, 3.63) is 100 Å². The van der Waals surface area contributed by atoms with Gasteiger partial charge < -0.3 is 14.6 Å². The minimum Gasteiger partial charge on any atom is -0.478 e. The van der Waals surface area contributed by atoms with Crippen molar-refractivity contribution in [3.8, 4) is 11.5 Å². The van der Waals surface area contributed by atoms with Crippen LogP contribution in [0.25, 0.3) is 27.6 Å². The van der Waals surface area contributed by atoms with E-state index in [1.165, 1.54) is 0 Å². The molecule has 3 aliphatic rings. The van der Waals surface area contributed by atoms with E-state index >= 15 is 0 Å². The molecule has 0 unspecified atom stereocenters. The van der Waals surface area contributed by atoms with E-state index in [1.54, 1.807) is 13.8 Å². The molecule has 6 heteroatoms. The van der Waals surface area contributed by atoms with Crippen LogP contribution >= 0.6 is 11.6 Å². The monoisotopic (exact) mass is 536 g/mol. The van der Waals surface area contributed by atoms with Crippen molar-refractivity contribution in [1.29, 1.82) is 0 Å². The molecule has 3 atom stereocenters. The quantitative estimate of drug-likeness (QED) is 0.322. The summed E-state index contributed by atoms with van der Waals surface area (Å²) in [7, 11) is 0. The Morgan fingerprint density at radius 3 is 2.33 bits per heavy atom. The zero-order valence-corrected chi connectivity index (χ0v) is 22.2. The lowest BCUT2D eigenvalue weighted by Crippen LogP contribution is -2.70. The van der Waals surface area contributed by atoms with Crippen molar-refractivity contribution in [2.75, 3.05) is 0 Å². The summed E-state index contributed by atoms with van der Waals surface area (Å²) in [4.78, 5) is 27.2. The van der Waals surface area contributed by atoms with Crippen molar-refractivity contribution in [1.82, 2.24) is 0 Å². The number of hydrogen-bond donors (Lipinski definition) is 1. The van der Waals surface area contributed by atoms with Gasteiger partial charge in [0.1, 0.15) is 22.3 Å². The van der Waals surface area contributed by atoms with Crippen LogP contribution in [0.5, 0.6) is 11.5 Å². The number of halogens is 1. The molecule has 39 heavy (non-hydrogen) atoms. The van der Waals surface area contributed by atoms with Crippen molar-refractivity contribution in [2.45, 2.75) is 37.9 Å². The topological polar surface area (TPSA) is 72.8 Å². The fourth-order valence-electron chi connectivity index (χ4n) is 6.53. The first-order valence-corrected chi connectivity index (χ1v) is 13.5. The van der Waals surface area contributed by atoms with E-state index in [-0.39, 0.29) is 29.4 Å². The van der Waals surface area contributed by atoms with E-state index in [0.29, 0.717) is 17.1 Å². The highest BCUT2D eigenvalue weighted by Gasteiger charge is 2.70. The molecule has 1 N–H and O–H groups in total. The lowest BCUT2D eigenvalue weighted by molar-refractivity contribution is -0.172. The number of ketones is 2. The van der Waals surface area contributed by atoms with Crippen LogP contribution < -0.4 is 9.47 Å². The zero-order valence-electron chi connectivity index (χ0n) is 21.5. The van der Waals surface area contributed by atoms with E-state index in [9.17, 15) is 14.7 Å². The number of ether oxygens (including phenoxy) is 2. The van der Waals surface area contributed by atoms with Gasteiger partial charge >= 0.3 is 0 Å². The molecule has 0 amide bonds. The highest BCUT2D eigenvalue weighted by molar-refractivity contribution is 6.45. The molecule has 0 saturated heterocycles. The van der Waals surface area contributed by atoms with Crippen LogP contribution in [0.4, 0.5) is 0 Å². The van der Waals surface area contributed by atoms with E-state index in [1.807, 2.05) is 78.9 Å². The van der Waals surface area contributed by atoms with Gasteiger partial charge in [0, 0.05) is 29.5 Å². The molecular weight excluding hydrogens is 512 g/mol. The predicted octanol–water partition coefficient (Wildman–Crippen LogP) is 6.52. The Bertz CT molecular complexity index is 1820. The van der Waals surface area contributed by atoms with Crippen molar-refractivity contribution < 1.29 is 24.2 Å². The summed E-state index contributed by atoms with van der Waals surface area (Å²) in [5.74, 6) is -0.850. The van der Waals surface area contributed by atoms with Crippen LogP contribution in [0.3, 0.4) is 0 Å². The zero-order chi connectivity index (χ0) is 27.1. The van der Waals surface area contributed by atoms with Crippen molar-refractivity contribution in [3.63, 3.8) is 0 Å². The molecule has 1 aliphatic carbocycles. The predicted molar refractivity (Wildman–Crippen MR) is 151 cm³/mol. The van der Waals surface area contributed by atoms with Crippen molar-refractivity contribution >= 4 is 50.8 Å². The van der Waals surface area contributed by atoms with Crippen LogP contribution in [-0.4, -0.2) is 27.9 Å². The van der Waals surface area contributed by atoms with Crippen LogP contribution in [0.2, 0.25) is 0 Å². The van der Waals surface area contributed by atoms with Crippen LogP contribution in [0.15, 0.2) is 89.2 Å². The van der Waals surface area contributed by atoms with Gasteiger partial charge in [0.25, 0.3) is 0 Å². The Hall–Kier alpha value is -3.93. The molecule has 4 aromatic carbocycles. The maximum Gasteiger partial charge on any atom is 0.214 e. The van der Waals surface area contributed by atoms with Crippen LogP contribution in [0.1, 0.15) is 31.4 Å². The number of rotatable bonds is 3. The Labute approximate surface area is 230 Å². The summed E-state index contributed by atoms with van der Waals surface area (Å²) in [6, 6.07) is 23.5. The average molecular weight is 537 g/mol. The van der Waals surface area contributed by atoms with Crippen molar-refractivity contribution in [2.24, 2.45) is 5.92 Å². The number of carbonyl (C=O) groups excluding carboxylic acids is 2. The molecule has 2 aliphatic heterocycles. The van der Waals surface area contributed by atoms with Crippen LogP contribution in [0, 0.1) is 5.92 Å². The summed E-state index contributed by atoms with van der Waals surface area (Å²) in [5, 5.41) is 16.3. The molecule has 0 aromatic heterocycles. The normalized spacial score (nSPS) is 24.1. The number of hydrogen-bond acceptors (Lipinski definition) is 5. The fraction of sp³-hybridized carbons (Fsp3) is 0.212. The highest BCUT2D eigenvalue weighted by atomic mass is 35.5. The van der Waals surface area contributed by atoms with Gasteiger partial charge in [0.15, 0.2) is 17.0 Å². The lowest BCUT2D eigenvalue weighted by Gasteiger charge is -2.50. The number of Topliss-reactive ketones (excluding diaryl/α,β-unsaturated/α-hetero) is 2. The van der Waals surface area contributed by atoms with Gasteiger partial charge in [-0.3, -0.25) is 9.59 Å². The third-order valence-corrected chi connectivity index (χ3v) is 8.98. The second kappa shape index (κ2) is 8.28. The van der Waals surface area contributed by atoms with Gasteiger partial charge in [-0.15, -0.1) is 0 Å². The maximum absolute atomic E-state index is 14.1. The first kappa shape index (κ1) is 24.1. The smallest absolute Gasteiger partial charge is 0.214 e. The summed E-state index contributed by atoms with van der Waals surface area (Å²) < 4.78 is 13.1. The molecule has 0 bridgehead atoms. The highest BCUT2D eigenvalue weighted by Crippen LogP contribution is 2.58. The summed E-state index contributed by atoms with van der Waals surface area (Å²) >= 11 is 6.71. The SMILES string of the molecule is CCC(=O)[C@@H](C)[C@@]1(O)C(=O)C(Cl)=C2Oc3ccc4ccccc4c3C=C2[C@@]12Cc1c(ccc3ccccc13)O2. The van der Waals surface area contributed by atoms with E-state index < -0.39 is 22.9 Å². The number of fused-ring (bicyclic) bond motifs is 8. The fourth-order valence-corrected chi connectivity index (χ4v) is 6.81. The Morgan fingerprint density at radius 1 is 0.974 bits per heavy atom. The maximum atomic E-state index is 14.1. The number of carbonyl (C=O) groups is 2. The molecule has 194 valence electrons. The Kier molecular flexibility index (Phi) is 5.13. The van der Waals surface area contributed by atoms with Crippen LogP contribution in [-0.2, 0) is 16.0 Å². The molecule has 2 heterocycles. The number of benzene rings is 4. The average Bonchev–Trinajstić information content (AvgIpc) is 3.39. The van der Waals surface area contributed by atoms with Gasteiger partial charge in [-0.2, -0.15) is 0 Å².